The Bertz CT molecular complexity index is 120. The van der Waals surface area contributed by atoms with E-state index in [1.807, 2.05) is 6.08 Å². The van der Waals surface area contributed by atoms with Crippen LogP contribution in [-0.2, 0) is 0 Å². The molecule has 0 fully saturated rings. The maximum absolute atomic E-state index is 8.62. The summed E-state index contributed by atoms with van der Waals surface area (Å²) in [5.74, 6) is 0.336. The minimum atomic E-state index is 0.211. The largest absolute Gasteiger partial charge is 0.396 e. The summed E-state index contributed by atoms with van der Waals surface area (Å²) in [6.07, 6.45) is 3.48. The lowest BCUT2D eigenvalue weighted by atomic mass is 10.0. The van der Waals surface area contributed by atoms with E-state index >= 15 is 0 Å². The quantitative estimate of drug-likeness (QED) is 0.683. The molecule has 0 aliphatic heterocycles. The number of halogens is 1. The van der Waals surface area contributed by atoms with E-state index in [1.54, 1.807) is 0 Å². The van der Waals surface area contributed by atoms with E-state index < -0.39 is 0 Å². The Morgan fingerprint density at radius 3 is 2.60 bits per heavy atom. The van der Waals surface area contributed by atoms with E-state index in [4.69, 9.17) is 5.11 Å². The van der Waals surface area contributed by atoms with Crippen molar-refractivity contribution in [1.29, 1.82) is 0 Å². The van der Waals surface area contributed by atoms with Crippen LogP contribution in [-0.4, -0.2) is 11.7 Å². The summed E-state index contributed by atoms with van der Waals surface area (Å²) in [4.78, 5) is 0. The molecule has 1 atom stereocenters. The predicted octanol–water partition coefficient (Wildman–Crippen LogP) is 2.47. The fraction of sp³-hybridized carbons (Fsp3) is 0.500. The lowest BCUT2D eigenvalue weighted by molar-refractivity contribution is 0.270. The second-order valence-corrected chi connectivity index (χ2v) is 3.20. The number of hydrogen-bond acceptors (Lipinski definition) is 1. The molecule has 0 amide bonds. The van der Waals surface area contributed by atoms with Crippen LogP contribution >= 0.6 is 15.9 Å². The van der Waals surface area contributed by atoms with Crippen LogP contribution in [0.1, 0.15) is 12.8 Å². The Morgan fingerprint density at radius 2 is 2.30 bits per heavy atom. The maximum Gasteiger partial charge on any atom is 0.0437 e. The van der Waals surface area contributed by atoms with Crippen LogP contribution in [0.2, 0.25) is 0 Å². The molecular formula is C8H13BrO. The van der Waals surface area contributed by atoms with Crippen molar-refractivity contribution >= 4 is 15.9 Å². The molecule has 0 aliphatic rings. The highest BCUT2D eigenvalue weighted by molar-refractivity contribution is 9.11. The molecule has 0 saturated carbocycles. The van der Waals surface area contributed by atoms with Gasteiger partial charge in [-0.25, -0.2) is 0 Å². The van der Waals surface area contributed by atoms with Crippen molar-refractivity contribution in [3.05, 3.63) is 23.7 Å². The van der Waals surface area contributed by atoms with Gasteiger partial charge in [0, 0.05) is 6.61 Å². The van der Waals surface area contributed by atoms with E-state index in [1.165, 1.54) is 0 Å². The first-order chi connectivity index (χ1) is 4.72. The fourth-order valence-corrected chi connectivity index (χ4v) is 1.18. The molecule has 10 heavy (non-hydrogen) atoms. The lowest BCUT2D eigenvalue weighted by Crippen LogP contribution is -2.00. The van der Waals surface area contributed by atoms with E-state index in [2.05, 4.69) is 29.1 Å². The zero-order chi connectivity index (χ0) is 7.98. The molecule has 0 spiro atoms. The number of allylic oxidation sites excluding steroid dienone is 2. The van der Waals surface area contributed by atoms with Crippen molar-refractivity contribution in [3.8, 4) is 0 Å². The molecule has 0 rings (SSSR count). The highest BCUT2D eigenvalue weighted by Crippen LogP contribution is 2.22. The molecule has 0 aromatic heterocycles. The summed E-state index contributed by atoms with van der Waals surface area (Å²) in [5.41, 5.74) is 0. The zero-order valence-corrected chi connectivity index (χ0v) is 7.60. The summed E-state index contributed by atoms with van der Waals surface area (Å²) < 4.78 is 0.946. The molecule has 58 valence electrons. The van der Waals surface area contributed by atoms with E-state index in [0.29, 0.717) is 5.92 Å². The van der Waals surface area contributed by atoms with Crippen LogP contribution in [0.4, 0.5) is 0 Å². The minimum absolute atomic E-state index is 0.211. The smallest absolute Gasteiger partial charge is 0.0437 e. The van der Waals surface area contributed by atoms with Gasteiger partial charge in [-0.2, -0.15) is 0 Å². The maximum atomic E-state index is 8.62. The van der Waals surface area contributed by atoms with Crippen molar-refractivity contribution in [2.24, 2.45) is 5.92 Å². The molecule has 0 bridgehead atoms. The van der Waals surface area contributed by atoms with Crippen molar-refractivity contribution in [3.63, 3.8) is 0 Å². The summed E-state index contributed by atoms with van der Waals surface area (Å²) in [5, 5.41) is 8.62. The van der Waals surface area contributed by atoms with Gasteiger partial charge < -0.3 is 5.11 Å². The van der Waals surface area contributed by atoms with Crippen LogP contribution in [0.5, 0.6) is 0 Å². The number of aliphatic hydroxyl groups excluding tert-OH is 1. The first kappa shape index (κ1) is 9.92. The number of aliphatic hydroxyl groups is 1. The highest BCUT2D eigenvalue weighted by Gasteiger charge is 2.06. The molecule has 2 heteroatoms. The molecule has 1 N–H and O–H groups in total. The SMILES string of the molecule is C=CCC(CCO)C(=C)Br. The van der Waals surface area contributed by atoms with Crippen LogP contribution in [0.25, 0.3) is 0 Å². The van der Waals surface area contributed by atoms with Crippen LogP contribution in [0, 0.1) is 5.92 Å². The molecule has 1 unspecified atom stereocenters. The molecule has 0 radical (unpaired) electrons. The topological polar surface area (TPSA) is 20.2 Å². The Balaban J connectivity index is 3.71. The van der Waals surface area contributed by atoms with Crippen molar-refractivity contribution < 1.29 is 5.11 Å². The van der Waals surface area contributed by atoms with E-state index in [-0.39, 0.29) is 6.61 Å². The third kappa shape index (κ3) is 3.85. The Labute approximate surface area is 70.6 Å². The molecule has 0 saturated heterocycles. The average Bonchev–Trinajstić information content (AvgIpc) is 1.87. The average molecular weight is 205 g/mol. The van der Waals surface area contributed by atoms with Gasteiger partial charge in [0.1, 0.15) is 0 Å². The molecule has 0 aliphatic carbocycles. The van der Waals surface area contributed by atoms with Gasteiger partial charge in [-0.05, 0) is 23.2 Å². The van der Waals surface area contributed by atoms with Gasteiger partial charge in [0.05, 0.1) is 0 Å². The van der Waals surface area contributed by atoms with Gasteiger partial charge >= 0.3 is 0 Å². The van der Waals surface area contributed by atoms with Gasteiger partial charge in [-0.1, -0.05) is 28.6 Å². The summed E-state index contributed by atoms with van der Waals surface area (Å²) in [6, 6.07) is 0. The third-order valence-electron chi connectivity index (χ3n) is 1.37. The molecule has 0 aromatic rings. The molecule has 0 heterocycles. The van der Waals surface area contributed by atoms with Gasteiger partial charge in [-0.3, -0.25) is 0 Å². The monoisotopic (exact) mass is 204 g/mol. The number of rotatable bonds is 5. The van der Waals surface area contributed by atoms with Gasteiger partial charge in [0.2, 0.25) is 0 Å². The third-order valence-corrected chi connectivity index (χ3v) is 2.02. The second kappa shape index (κ2) is 5.69. The van der Waals surface area contributed by atoms with Crippen molar-refractivity contribution in [1.82, 2.24) is 0 Å². The highest BCUT2D eigenvalue weighted by atomic mass is 79.9. The second-order valence-electron chi connectivity index (χ2n) is 2.18. The first-order valence-electron chi connectivity index (χ1n) is 3.28. The zero-order valence-electron chi connectivity index (χ0n) is 6.02. The lowest BCUT2D eigenvalue weighted by Gasteiger charge is -2.10. The Morgan fingerprint density at radius 1 is 1.70 bits per heavy atom. The summed E-state index contributed by atoms with van der Waals surface area (Å²) >= 11 is 3.29. The molecular weight excluding hydrogens is 192 g/mol. The van der Waals surface area contributed by atoms with Crippen LogP contribution in [0.15, 0.2) is 23.7 Å². The van der Waals surface area contributed by atoms with Crippen LogP contribution in [0.3, 0.4) is 0 Å². The Hall–Kier alpha value is -0.0800. The molecule has 1 nitrogen and oxygen atoms in total. The van der Waals surface area contributed by atoms with Gasteiger partial charge in [0.25, 0.3) is 0 Å². The minimum Gasteiger partial charge on any atom is -0.396 e. The van der Waals surface area contributed by atoms with Crippen molar-refractivity contribution in [2.45, 2.75) is 12.8 Å². The summed E-state index contributed by atoms with van der Waals surface area (Å²) in [7, 11) is 0. The number of hydrogen-bond donors (Lipinski definition) is 1. The van der Waals surface area contributed by atoms with E-state index in [0.717, 1.165) is 17.3 Å². The standard InChI is InChI=1S/C8H13BrO/c1-3-4-8(5-6-10)7(2)9/h3,8,10H,1-2,4-6H2. The Kier molecular flexibility index (Phi) is 5.64. The first-order valence-corrected chi connectivity index (χ1v) is 4.07. The fourth-order valence-electron chi connectivity index (χ4n) is 0.759. The van der Waals surface area contributed by atoms with E-state index in [9.17, 15) is 0 Å². The molecule has 0 aromatic carbocycles. The van der Waals surface area contributed by atoms with Gasteiger partial charge in [0.15, 0.2) is 0 Å². The predicted molar refractivity (Wildman–Crippen MR) is 48.1 cm³/mol. The van der Waals surface area contributed by atoms with Crippen molar-refractivity contribution in [2.75, 3.05) is 6.61 Å². The van der Waals surface area contributed by atoms with Gasteiger partial charge in [-0.15, -0.1) is 6.58 Å². The van der Waals surface area contributed by atoms with Crippen LogP contribution < -0.4 is 0 Å². The summed E-state index contributed by atoms with van der Waals surface area (Å²) in [6.45, 7) is 7.58. The normalized spacial score (nSPS) is 12.6.